The minimum Gasteiger partial charge on any atom is -0.417 e. The quantitative estimate of drug-likeness (QED) is 0.263. The molecular formula is C13H27F3O4SSi. The van der Waals surface area contributed by atoms with Crippen molar-refractivity contribution in [1.29, 1.82) is 0 Å². The summed E-state index contributed by atoms with van der Waals surface area (Å²) in [4.78, 5) is 0. The maximum atomic E-state index is 12.0. The first-order chi connectivity index (χ1) is 9.71. The van der Waals surface area contributed by atoms with Crippen LogP contribution in [0.5, 0.6) is 0 Å². The van der Waals surface area contributed by atoms with E-state index in [4.69, 9.17) is 4.43 Å². The Bertz CT molecular complexity index is 428. The van der Waals surface area contributed by atoms with Gasteiger partial charge in [0.1, 0.15) is 0 Å². The summed E-state index contributed by atoms with van der Waals surface area (Å²) in [7, 11) is -7.21. The fourth-order valence-electron chi connectivity index (χ4n) is 1.34. The van der Waals surface area contributed by atoms with Gasteiger partial charge in [-0.05, 0) is 31.0 Å². The topological polar surface area (TPSA) is 52.6 Å². The SMILES string of the molecule is CC(C)(C)[Si](C)(C)OCCCCCCOS(=O)(=O)C(F)(F)F. The predicted molar refractivity (Wildman–Crippen MR) is 82.5 cm³/mol. The van der Waals surface area contributed by atoms with Crippen LogP contribution in [0.4, 0.5) is 13.2 Å². The van der Waals surface area contributed by atoms with Crippen LogP contribution in [0.2, 0.25) is 18.1 Å². The summed E-state index contributed by atoms with van der Waals surface area (Å²) < 4.78 is 67.1. The van der Waals surface area contributed by atoms with Crippen LogP contribution in [0, 0.1) is 0 Å². The zero-order valence-corrected chi connectivity index (χ0v) is 15.7. The van der Waals surface area contributed by atoms with Gasteiger partial charge in [0.2, 0.25) is 0 Å². The minimum absolute atomic E-state index is 0.146. The van der Waals surface area contributed by atoms with E-state index in [-0.39, 0.29) is 11.5 Å². The Morgan fingerprint density at radius 2 is 1.36 bits per heavy atom. The standard InChI is InChI=1S/C13H27F3O4SSi/c1-12(2,3)22(4,5)20-11-9-7-6-8-10-19-21(17,18)13(14,15)16/h6-11H2,1-5H3. The Balaban J connectivity index is 3.77. The molecule has 0 heterocycles. The van der Waals surface area contributed by atoms with Gasteiger partial charge in [0.15, 0.2) is 8.32 Å². The van der Waals surface area contributed by atoms with Gasteiger partial charge in [-0.15, -0.1) is 0 Å². The van der Waals surface area contributed by atoms with Crippen molar-refractivity contribution in [3.05, 3.63) is 0 Å². The zero-order valence-electron chi connectivity index (χ0n) is 13.9. The Hall–Kier alpha value is -0.123. The number of alkyl halides is 3. The van der Waals surface area contributed by atoms with Gasteiger partial charge in [-0.3, -0.25) is 4.18 Å². The van der Waals surface area contributed by atoms with Crippen molar-refractivity contribution in [3.8, 4) is 0 Å². The van der Waals surface area contributed by atoms with Crippen molar-refractivity contribution in [2.24, 2.45) is 0 Å². The molecule has 0 atom stereocenters. The molecule has 0 aliphatic rings. The Labute approximate surface area is 132 Å². The van der Waals surface area contributed by atoms with Crippen molar-refractivity contribution >= 4 is 18.4 Å². The van der Waals surface area contributed by atoms with Gasteiger partial charge in [-0.1, -0.05) is 33.6 Å². The van der Waals surface area contributed by atoms with E-state index in [0.717, 1.165) is 12.8 Å². The first kappa shape index (κ1) is 21.9. The molecule has 134 valence electrons. The van der Waals surface area contributed by atoms with Crippen molar-refractivity contribution in [1.82, 2.24) is 0 Å². The van der Waals surface area contributed by atoms with Crippen LogP contribution in [-0.4, -0.2) is 35.5 Å². The minimum atomic E-state index is -5.45. The molecule has 0 fully saturated rings. The predicted octanol–water partition coefficient (Wildman–Crippen LogP) is 4.43. The fourth-order valence-corrected chi connectivity index (χ4v) is 2.90. The van der Waals surface area contributed by atoms with E-state index in [2.05, 4.69) is 38.0 Å². The second-order valence-corrected chi connectivity index (χ2v) is 13.2. The maximum Gasteiger partial charge on any atom is 0.523 e. The lowest BCUT2D eigenvalue weighted by molar-refractivity contribution is -0.0542. The van der Waals surface area contributed by atoms with Gasteiger partial charge in [0.05, 0.1) is 6.61 Å². The van der Waals surface area contributed by atoms with Gasteiger partial charge < -0.3 is 4.43 Å². The average Bonchev–Trinajstić information content (AvgIpc) is 2.29. The summed E-state index contributed by atoms with van der Waals surface area (Å²) in [5, 5.41) is 0.146. The lowest BCUT2D eigenvalue weighted by Gasteiger charge is -2.36. The van der Waals surface area contributed by atoms with Crippen LogP contribution in [0.1, 0.15) is 46.5 Å². The fraction of sp³-hybridized carbons (Fsp3) is 1.00. The van der Waals surface area contributed by atoms with Crippen LogP contribution < -0.4 is 0 Å². The van der Waals surface area contributed by atoms with Crippen LogP contribution in [-0.2, 0) is 18.7 Å². The Morgan fingerprint density at radius 1 is 0.909 bits per heavy atom. The van der Waals surface area contributed by atoms with Crippen molar-refractivity contribution in [2.75, 3.05) is 13.2 Å². The molecule has 0 saturated carbocycles. The van der Waals surface area contributed by atoms with Gasteiger partial charge in [0, 0.05) is 6.61 Å². The third-order valence-electron chi connectivity index (χ3n) is 3.83. The van der Waals surface area contributed by atoms with E-state index in [9.17, 15) is 21.6 Å². The average molecular weight is 365 g/mol. The van der Waals surface area contributed by atoms with E-state index < -0.39 is 30.6 Å². The van der Waals surface area contributed by atoms with Gasteiger partial charge in [0.25, 0.3) is 0 Å². The Morgan fingerprint density at radius 3 is 1.77 bits per heavy atom. The number of hydrogen-bond acceptors (Lipinski definition) is 4. The molecular weight excluding hydrogens is 337 g/mol. The molecule has 0 unspecified atom stereocenters. The largest absolute Gasteiger partial charge is 0.523 e. The molecule has 0 aliphatic carbocycles. The summed E-state index contributed by atoms with van der Waals surface area (Å²) in [6.07, 6.45) is 2.45. The molecule has 0 saturated heterocycles. The molecule has 0 aromatic rings. The second kappa shape index (κ2) is 8.12. The molecule has 0 bridgehead atoms. The van der Waals surface area contributed by atoms with Crippen LogP contribution in [0.3, 0.4) is 0 Å². The molecule has 0 N–H and O–H groups in total. The molecule has 4 nitrogen and oxygen atoms in total. The maximum absolute atomic E-state index is 12.0. The van der Waals surface area contributed by atoms with Crippen molar-refractivity contribution in [2.45, 2.75) is 70.1 Å². The third kappa shape index (κ3) is 7.43. The molecule has 0 spiro atoms. The summed E-state index contributed by atoms with van der Waals surface area (Å²) in [6, 6.07) is 0. The number of halogens is 3. The van der Waals surface area contributed by atoms with Crippen LogP contribution >= 0.6 is 0 Å². The monoisotopic (exact) mass is 364 g/mol. The molecule has 0 radical (unpaired) electrons. The van der Waals surface area contributed by atoms with Crippen LogP contribution in [0.25, 0.3) is 0 Å². The lowest BCUT2D eigenvalue weighted by Crippen LogP contribution is -2.40. The van der Waals surface area contributed by atoms with Gasteiger partial charge in [-0.25, -0.2) is 0 Å². The third-order valence-corrected chi connectivity index (χ3v) is 9.41. The normalized spacial score (nSPS) is 14.4. The van der Waals surface area contributed by atoms with E-state index in [0.29, 0.717) is 13.0 Å². The van der Waals surface area contributed by atoms with Crippen molar-refractivity contribution < 1.29 is 30.2 Å². The first-order valence-corrected chi connectivity index (χ1v) is 11.6. The zero-order chi connectivity index (χ0) is 17.7. The highest BCUT2D eigenvalue weighted by atomic mass is 32.2. The van der Waals surface area contributed by atoms with Crippen molar-refractivity contribution in [3.63, 3.8) is 0 Å². The highest BCUT2D eigenvalue weighted by molar-refractivity contribution is 7.87. The Kier molecular flexibility index (Phi) is 8.07. The summed E-state index contributed by atoms with van der Waals surface area (Å²) in [5.41, 5.74) is -5.34. The van der Waals surface area contributed by atoms with Crippen LogP contribution in [0.15, 0.2) is 0 Å². The lowest BCUT2D eigenvalue weighted by atomic mass is 10.2. The van der Waals surface area contributed by atoms with E-state index in [1.54, 1.807) is 0 Å². The molecule has 0 aliphatic heterocycles. The number of unbranched alkanes of at least 4 members (excludes halogenated alkanes) is 3. The molecule has 0 amide bonds. The van der Waals surface area contributed by atoms with E-state index in [1.807, 2.05) is 0 Å². The highest BCUT2D eigenvalue weighted by Gasteiger charge is 2.47. The van der Waals surface area contributed by atoms with E-state index in [1.165, 1.54) is 0 Å². The molecule has 0 aromatic heterocycles. The second-order valence-electron chi connectivity index (χ2n) is 6.74. The van der Waals surface area contributed by atoms with E-state index >= 15 is 0 Å². The smallest absolute Gasteiger partial charge is 0.417 e. The molecule has 9 heteroatoms. The first-order valence-electron chi connectivity index (χ1n) is 7.30. The van der Waals surface area contributed by atoms with Gasteiger partial charge >= 0.3 is 15.6 Å². The number of rotatable bonds is 9. The molecule has 0 aromatic carbocycles. The van der Waals surface area contributed by atoms with Gasteiger partial charge in [-0.2, -0.15) is 21.6 Å². The summed E-state index contributed by atoms with van der Waals surface area (Å²) >= 11 is 0. The summed E-state index contributed by atoms with van der Waals surface area (Å²) in [6.45, 7) is 10.9. The molecule has 0 rings (SSSR count). The molecule has 22 heavy (non-hydrogen) atoms. The highest BCUT2D eigenvalue weighted by Crippen LogP contribution is 2.36. The summed E-state index contributed by atoms with van der Waals surface area (Å²) in [5.74, 6) is 0. The number of hydrogen-bond donors (Lipinski definition) is 0.